The molecule has 0 heterocycles. The molecule has 1 N–H and O–H groups in total. The van der Waals surface area contributed by atoms with Gasteiger partial charge < -0.3 is 0 Å². The van der Waals surface area contributed by atoms with Gasteiger partial charge in [-0.3, -0.25) is 5.32 Å². The highest BCUT2D eigenvalue weighted by atomic mass is 32.2. The molecule has 0 radical (unpaired) electrons. The summed E-state index contributed by atoms with van der Waals surface area (Å²) >= 11 is 0. The zero-order valence-electron chi connectivity index (χ0n) is 9.27. The van der Waals surface area contributed by atoms with Crippen LogP contribution in [0.4, 0.5) is 0 Å². The lowest BCUT2D eigenvalue weighted by atomic mass is 10.2. The lowest BCUT2D eigenvalue weighted by Gasteiger charge is -2.06. The van der Waals surface area contributed by atoms with E-state index in [9.17, 15) is 8.42 Å². The molecule has 1 unspecified atom stereocenters. The maximum atomic E-state index is 11.2. The summed E-state index contributed by atoms with van der Waals surface area (Å²) in [4.78, 5) is 0.310. The van der Waals surface area contributed by atoms with Gasteiger partial charge in [-0.2, -0.15) is 5.26 Å². The molecule has 0 amide bonds. The Morgan fingerprint density at radius 1 is 1.38 bits per heavy atom. The SMILES string of the molecule is CC(C#N)NCc1ccc(S(C)(=O)=O)cc1. The van der Waals surface area contributed by atoms with Crippen LogP contribution in [0.1, 0.15) is 12.5 Å². The average molecular weight is 238 g/mol. The van der Waals surface area contributed by atoms with Gasteiger partial charge in [0.05, 0.1) is 17.0 Å². The van der Waals surface area contributed by atoms with E-state index in [2.05, 4.69) is 11.4 Å². The normalized spacial score (nSPS) is 13.1. The molecule has 0 bridgehead atoms. The number of rotatable bonds is 4. The maximum absolute atomic E-state index is 11.2. The van der Waals surface area contributed by atoms with E-state index in [0.29, 0.717) is 11.4 Å². The fourth-order valence-electron chi connectivity index (χ4n) is 1.17. The highest BCUT2D eigenvalue weighted by Crippen LogP contribution is 2.10. The van der Waals surface area contributed by atoms with Crippen LogP contribution in [0.15, 0.2) is 29.2 Å². The van der Waals surface area contributed by atoms with Crippen LogP contribution in [0.25, 0.3) is 0 Å². The van der Waals surface area contributed by atoms with Gasteiger partial charge in [0.2, 0.25) is 0 Å². The summed E-state index contributed by atoms with van der Waals surface area (Å²) in [6, 6.07) is 8.48. The number of nitriles is 1. The lowest BCUT2D eigenvalue weighted by Crippen LogP contribution is -2.23. The van der Waals surface area contributed by atoms with E-state index in [1.54, 1.807) is 31.2 Å². The van der Waals surface area contributed by atoms with Gasteiger partial charge in [-0.1, -0.05) is 12.1 Å². The highest BCUT2D eigenvalue weighted by molar-refractivity contribution is 7.90. The van der Waals surface area contributed by atoms with E-state index in [1.807, 2.05) is 0 Å². The third kappa shape index (κ3) is 3.65. The topological polar surface area (TPSA) is 70.0 Å². The predicted octanol–water partition coefficient (Wildman–Crippen LogP) is 1.09. The molecule has 0 aromatic heterocycles. The molecule has 1 atom stereocenters. The van der Waals surface area contributed by atoms with Crippen molar-refractivity contribution in [1.29, 1.82) is 5.26 Å². The van der Waals surface area contributed by atoms with Crippen LogP contribution in [0.5, 0.6) is 0 Å². The molecule has 0 saturated carbocycles. The van der Waals surface area contributed by atoms with Crippen molar-refractivity contribution in [3.05, 3.63) is 29.8 Å². The summed E-state index contributed by atoms with van der Waals surface area (Å²) < 4.78 is 22.4. The van der Waals surface area contributed by atoms with E-state index in [1.165, 1.54) is 6.26 Å². The zero-order valence-corrected chi connectivity index (χ0v) is 10.1. The summed E-state index contributed by atoms with van der Waals surface area (Å²) in [6.45, 7) is 2.32. The summed E-state index contributed by atoms with van der Waals surface area (Å²) in [7, 11) is -3.13. The van der Waals surface area contributed by atoms with Crippen LogP contribution >= 0.6 is 0 Å². The molecule has 5 heteroatoms. The van der Waals surface area contributed by atoms with Gasteiger partial charge in [-0.25, -0.2) is 8.42 Å². The largest absolute Gasteiger partial charge is 0.298 e. The molecule has 1 aromatic rings. The molecule has 0 aliphatic heterocycles. The number of benzene rings is 1. The highest BCUT2D eigenvalue weighted by Gasteiger charge is 2.06. The molecule has 0 aliphatic carbocycles. The first kappa shape index (κ1) is 12.7. The Kier molecular flexibility index (Phi) is 4.05. The molecule has 0 saturated heterocycles. The van der Waals surface area contributed by atoms with E-state index in [0.717, 1.165) is 5.56 Å². The van der Waals surface area contributed by atoms with Gasteiger partial charge >= 0.3 is 0 Å². The molecule has 0 aliphatic rings. The van der Waals surface area contributed by atoms with Gasteiger partial charge in [0.15, 0.2) is 9.84 Å². The molecule has 4 nitrogen and oxygen atoms in total. The molecule has 1 rings (SSSR count). The Morgan fingerprint density at radius 2 is 1.94 bits per heavy atom. The molecular weight excluding hydrogens is 224 g/mol. The number of hydrogen-bond acceptors (Lipinski definition) is 4. The molecular formula is C11H14N2O2S. The van der Waals surface area contributed by atoms with Crippen molar-refractivity contribution < 1.29 is 8.42 Å². The first-order valence-corrected chi connectivity index (χ1v) is 6.74. The van der Waals surface area contributed by atoms with Crippen molar-refractivity contribution in [3.8, 4) is 6.07 Å². The van der Waals surface area contributed by atoms with Gasteiger partial charge in [0.25, 0.3) is 0 Å². The fourth-order valence-corrected chi connectivity index (χ4v) is 1.80. The molecule has 16 heavy (non-hydrogen) atoms. The first-order chi connectivity index (χ1) is 7.43. The van der Waals surface area contributed by atoms with Crippen LogP contribution in [0.2, 0.25) is 0 Å². The van der Waals surface area contributed by atoms with E-state index in [4.69, 9.17) is 5.26 Å². The van der Waals surface area contributed by atoms with Crippen molar-refractivity contribution in [2.45, 2.75) is 24.4 Å². The summed E-state index contributed by atoms with van der Waals surface area (Å²) in [5.41, 5.74) is 0.953. The predicted molar refractivity (Wildman–Crippen MR) is 61.5 cm³/mol. The minimum atomic E-state index is -3.13. The fraction of sp³-hybridized carbons (Fsp3) is 0.364. The van der Waals surface area contributed by atoms with Gasteiger partial charge in [-0.05, 0) is 24.6 Å². The lowest BCUT2D eigenvalue weighted by molar-refractivity contribution is 0.601. The standard InChI is InChI=1S/C11H14N2O2S/c1-9(7-12)13-8-10-3-5-11(6-4-10)16(2,14)15/h3-6,9,13H,8H2,1-2H3. The first-order valence-electron chi connectivity index (χ1n) is 4.85. The number of nitrogens with one attached hydrogen (secondary N) is 1. The Bertz CT molecular complexity index is 486. The Balaban J connectivity index is 2.70. The maximum Gasteiger partial charge on any atom is 0.175 e. The second-order valence-corrected chi connectivity index (χ2v) is 5.66. The molecule has 0 fully saturated rings. The molecule has 0 spiro atoms. The number of hydrogen-bond donors (Lipinski definition) is 1. The number of sulfone groups is 1. The number of nitrogens with zero attached hydrogens (tertiary/aromatic N) is 1. The van der Waals surface area contributed by atoms with Crippen molar-refractivity contribution in [1.82, 2.24) is 5.32 Å². The van der Waals surface area contributed by atoms with E-state index >= 15 is 0 Å². The zero-order chi connectivity index (χ0) is 12.2. The second-order valence-electron chi connectivity index (χ2n) is 3.65. The monoisotopic (exact) mass is 238 g/mol. The smallest absolute Gasteiger partial charge is 0.175 e. The summed E-state index contributed by atoms with van der Waals surface area (Å²) in [5, 5.41) is 11.6. The average Bonchev–Trinajstić information content (AvgIpc) is 2.25. The van der Waals surface area contributed by atoms with Crippen LogP contribution in [-0.2, 0) is 16.4 Å². The van der Waals surface area contributed by atoms with Crippen LogP contribution < -0.4 is 5.32 Å². The Morgan fingerprint density at radius 3 is 2.38 bits per heavy atom. The van der Waals surface area contributed by atoms with E-state index in [-0.39, 0.29) is 6.04 Å². The van der Waals surface area contributed by atoms with Crippen molar-refractivity contribution >= 4 is 9.84 Å². The van der Waals surface area contributed by atoms with E-state index < -0.39 is 9.84 Å². The van der Waals surface area contributed by atoms with Crippen molar-refractivity contribution in [2.75, 3.05) is 6.26 Å². The minimum absolute atomic E-state index is 0.213. The summed E-state index contributed by atoms with van der Waals surface area (Å²) in [5.74, 6) is 0. The van der Waals surface area contributed by atoms with Crippen LogP contribution in [0.3, 0.4) is 0 Å². The van der Waals surface area contributed by atoms with Gasteiger partial charge in [0, 0.05) is 12.8 Å². The van der Waals surface area contributed by atoms with Crippen molar-refractivity contribution in [3.63, 3.8) is 0 Å². The van der Waals surface area contributed by atoms with Crippen LogP contribution in [-0.4, -0.2) is 20.7 Å². The van der Waals surface area contributed by atoms with Crippen molar-refractivity contribution in [2.24, 2.45) is 0 Å². The molecule has 1 aromatic carbocycles. The Hall–Kier alpha value is -1.38. The quantitative estimate of drug-likeness (QED) is 0.852. The Labute approximate surface area is 95.8 Å². The van der Waals surface area contributed by atoms with Gasteiger partial charge in [0.1, 0.15) is 0 Å². The molecule has 86 valence electrons. The summed E-state index contributed by atoms with van der Waals surface area (Å²) in [6.07, 6.45) is 1.18. The minimum Gasteiger partial charge on any atom is -0.298 e. The second kappa shape index (κ2) is 5.10. The third-order valence-corrected chi connectivity index (χ3v) is 3.29. The van der Waals surface area contributed by atoms with Crippen LogP contribution in [0, 0.1) is 11.3 Å². The third-order valence-electron chi connectivity index (χ3n) is 2.16. The van der Waals surface area contributed by atoms with Gasteiger partial charge in [-0.15, -0.1) is 0 Å².